The molecular formula is C11H11NO4S. The summed E-state index contributed by atoms with van der Waals surface area (Å²) in [6.45, 7) is 2.04. The zero-order valence-corrected chi connectivity index (χ0v) is 10.2. The van der Waals surface area contributed by atoms with Gasteiger partial charge < -0.3 is 14.3 Å². The number of thiophene rings is 1. The van der Waals surface area contributed by atoms with Gasteiger partial charge in [0.1, 0.15) is 5.69 Å². The van der Waals surface area contributed by atoms with Gasteiger partial charge in [-0.05, 0) is 23.9 Å². The maximum Gasteiger partial charge on any atom is 0.373 e. The molecule has 0 saturated heterocycles. The number of hydrogen-bond donors (Lipinski definition) is 1. The third-order valence-corrected chi connectivity index (χ3v) is 3.23. The number of aryl methyl sites for hydroxylation is 1. The van der Waals surface area contributed by atoms with Gasteiger partial charge >= 0.3 is 5.97 Å². The minimum absolute atomic E-state index is 0.121. The molecule has 2 heterocycles. The fraction of sp³-hybridized carbons (Fsp3) is 0.273. The van der Waals surface area contributed by atoms with Gasteiger partial charge in [-0.15, -0.1) is 11.3 Å². The van der Waals surface area contributed by atoms with E-state index in [9.17, 15) is 4.79 Å². The molecule has 1 N–H and O–H groups in total. The Balaban J connectivity index is 2.47. The van der Waals surface area contributed by atoms with Crippen molar-refractivity contribution < 1.29 is 19.1 Å². The lowest BCUT2D eigenvalue weighted by Gasteiger charge is -1.92. The van der Waals surface area contributed by atoms with Crippen molar-refractivity contribution in [2.45, 2.75) is 13.5 Å². The quantitative estimate of drug-likeness (QED) is 0.906. The van der Waals surface area contributed by atoms with E-state index in [-0.39, 0.29) is 12.4 Å². The van der Waals surface area contributed by atoms with Crippen molar-refractivity contribution in [3.63, 3.8) is 0 Å². The maximum atomic E-state index is 11.0. The van der Waals surface area contributed by atoms with Crippen molar-refractivity contribution >= 4 is 17.3 Å². The number of hydrogen-bond acceptors (Lipinski definition) is 5. The highest BCUT2D eigenvalue weighted by molar-refractivity contribution is 7.13. The Bertz CT molecular complexity index is 543. The summed E-state index contributed by atoms with van der Waals surface area (Å²) >= 11 is 1.46. The minimum atomic E-state index is -1.13. The van der Waals surface area contributed by atoms with Crippen LogP contribution in [0.1, 0.15) is 21.8 Å². The summed E-state index contributed by atoms with van der Waals surface area (Å²) in [5, 5.41) is 10.9. The zero-order chi connectivity index (χ0) is 12.4. The molecule has 0 spiro atoms. The largest absolute Gasteiger partial charge is 0.475 e. The maximum absolute atomic E-state index is 11.0. The molecule has 0 amide bonds. The summed E-state index contributed by atoms with van der Waals surface area (Å²) in [6.07, 6.45) is 0. The van der Waals surface area contributed by atoms with Crippen molar-refractivity contribution in [1.29, 1.82) is 0 Å². The molecule has 2 rings (SSSR count). The Morgan fingerprint density at radius 2 is 2.41 bits per heavy atom. The van der Waals surface area contributed by atoms with E-state index < -0.39 is 5.97 Å². The van der Waals surface area contributed by atoms with E-state index in [4.69, 9.17) is 14.3 Å². The first kappa shape index (κ1) is 11.8. The average Bonchev–Trinajstić information content (AvgIpc) is 2.84. The predicted octanol–water partition coefficient (Wildman–Crippen LogP) is 2.56. The fourth-order valence-electron chi connectivity index (χ4n) is 1.44. The number of carbonyl (C=O) groups is 1. The topological polar surface area (TPSA) is 72.6 Å². The van der Waals surface area contributed by atoms with E-state index in [1.807, 2.05) is 18.4 Å². The lowest BCUT2D eigenvalue weighted by atomic mass is 10.3. The van der Waals surface area contributed by atoms with E-state index in [2.05, 4.69) is 4.98 Å². The van der Waals surface area contributed by atoms with Crippen molar-refractivity contribution in [2.24, 2.45) is 0 Å². The normalized spacial score (nSPS) is 10.7. The van der Waals surface area contributed by atoms with Crippen molar-refractivity contribution in [3.05, 3.63) is 28.5 Å². The summed E-state index contributed by atoms with van der Waals surface area (Å²) in [6, 6.07) is 1.93. The third-order valence-electron chi connectivity index (χ3n) is 2.23. The molecular weight excluding hydrogens is 242 g/mol. The van der Waals surface area contributed by atoms with Crippen molar-refractivity contribution in [3.8, 4) is 10.8 Å². The first-order valence-corrected chi connectivity index (χ1v) is 5.78. The summed E-state index contributed by atoms with van der Waals surface area (Å²) in [4.78, 5) is 16.0. The van der Waals surface area contributed by atoms with Gasteiger partial charge in [0.25, 0.3) is 0 Å². The molecule has 6 heteroatoms. The summed E-state index contributed by atoms with van der Waals surface area (Å²) in [5.41, 5.74) is 1.32. The number of nitrogens with zero attached hydrogens (tertiary/aromatic N) is 1. The Labute approximate surface area is 102 Å². The molecule has 90 valence electrons. The molecule has 2 aromatic rings. The van der Waals surface area contributed by atoms with Gasteiger partial charge in [0.05, 0.1) is 11.5 Å². The summed E-state index contributed by atoms with van der Waals surface area (Å²) in [7, 11) is 1.48. The van der Waals surface area contributed by atoms with Gasteiger partial charge in [0.15, 0.2) is 0 Å². The van der Waals surface area contributed by atoms with Crippen LogP contribution in [0.2, 0.25) is 0 Å². The van der Waals surface area contributed by atoms with E-state index in [1.165, 1.54) is 18.4 Å². The smallest absolute Gasteiger partial charge is 0.373 e. The van der Waals surface area contributed by atoms with Gasteiger partial charge in [-0.3, -0.25) is 0 Å². The standard InChI is InChI=1S/C11H11NO4S/c1-6-3-4-17-9(6)10-12-7(5-15-2)8(16-10)11(13)14/h3-4H,5H2,1-2H3,(H,13,14). The second-order valence-electron chi connectivity index (χ2n) is 3.47. The number of ether oxygens (including phenoxy) is 1. The summed E-state index contributed by atoms with van der Waals surface area (Å²) < 4.78 is 10.2. The molecule has 0 fully saturated rings. The van der Waals surface area contributed by atoms with Gasteiger partial charge in [-0.1, -0.05) is 0 Å². The molecule has 17 heavy (non-hydrogen) atoms. The van der Waals surface area contributed by atoms with Gasteiger partial charge in [0.2, 0.25) is 11.7 Å². The van der Waals surface area contributed by atoms with E-state index in [0.29, 0.717) is 11.6 Å². The first-order valence-electron chi connectivity index (χ1n) is 4.90. The number of carboxylic acids is 1. The molecule has 0 aliphatic rings. The Kier molecular flexibility index (Phi) is 3.26. The van der Waals surface area contributed by atoms with Crippen LogP contribution < -0.4 is 0 Å². The monoisotopic (exact) mass is 253 g/mol. The van der Waals surface area contributed by atoms with E-state index in [0.717, 1.165) is 10.4 Å². The van der Waals surface area contributed by atoms with Crippen LogP contribution in [-0.4, -0.2) is 23.2 Å². The van der Waals surface area contributed by atoms with Crippen LogP contribution in [0.3, 0.4) is 0 Å². The van der Waals surface area contributed by atoms with E-state index >= 15 is 0 Å². The number of aromatic carboxylic acids is 1. The third kappa shape index (κ3) is 2.22. The number of oxazole rings is 1. The molecule has 5 nitrogen and oxygen atoms in total. The lowest BCUT2D eigenvalue weighted by molar-refractivity contribution is 0.0656. The molecule has 0 radical (unpaired) electrons. The predicted molar refractivity (Wildman–Crippen MR) is 62.2 cm³/mol. The molecule has 0 saturated carbocycles. The highest BCUT2D eigenvalue weighted by atomic mass is 32.1. The van der Waals surface area contributed by atoms with Crippen LogP contribution in [0.4, 0.5) is 0 Å². The molecule has 2 aromatic heterocycles. The van der Waals surface area contributed by atoms with Crippen molar-refractivity contribution in [2.75, 3.05) is 7.11 Å². The first-order chi connectivity index (χ1) is 8.13. The van der Waals surface area contributed by atoms with Crippen LogP contribution in [0, 0.1) is 6.92 Å². The SMILES string of the molecule is COCc1nc(-c2sccc2C)oc1C(=O)O. The Morgan fingerprint density at radius 1 is 1.65 bits per heavy atom. The molecule has 0 aliphatic carbocycles. The highest BCUT2D eigenvalue weighted by Gasteiger charge is 2.21. The average molecular weight is 253 g/mol. The van der Waals surface area contributed by atoms with Crippen LogP contribution in [-0.2, 0) is 11.3 Å². The van der Waals surface area contributed by atoms with Crippen LogP contribution in [0.5, 0.6) is 0 Å². The van der Waals surface area contributed by atoms with Crippen LogP contribution in [0.15, 0.2) is 15.9 Å². The molecule has 0 bridgehead atoms. The molecule has 0 aliphatic heterocycles. The minimum Gasteiger partial charge on any atom is -0.475 e. The van der Waals surface area contributed by atoms with E-state index in [1.54, 1.807) is 0 Å². The number of methoxy groups -OCH3 is 1. The van der Waals surface area contributed by atoms with Crippen LogP contribution in [0.25, 0.3) is 10.8 Å². The lowest BCUT2D eigenvalue weighted by Crippen LogP contribution is -2.00. The Morgan fingerprint density at radius 3 is 2.94 bits per heavy atom. The van der Waals surface area contributed by atoms with Gasteiger partial charge in [-0.2, -0.15) is 0 Å². The summed E-state index contributed by atoms with van der Waals surface area (Å²) in [5.74, 6) is -0.957. The van der Waals surface area contributed by atoms with Crippen molar-refractivity contribution in [1.82, 2.24) is 4.98 Å². The molecule has 0 atom stereocenters. The molecule has 0 aromatic carbocycles. The van der Waals surface area contributed by atoms with Crippen LogP contribution >= 0.6 is 11.3 Å². The zero-order valence-electron chi connectivity index (χ0n) is 9.39. The Hall–Kier alpha value is -1.66. The fourth-order valence-corrected chi connectivity index (χ4v) is 2.29. The number of aromatic nitrogens is 1. The molecule has 0 unspecified atom stereocenters. The second kappa shape index (κ2) is 4.68. The van der Waals surface area contributed by atoms with Gasteiger partial charge in [-0.25, -0.2) is 9.78 Å². The highest BCUT2D eigenvalue weighted by Crippen LogP contribution is 2.30. The number of carboxylic acid groups (broad SMARTS) is 1. The second-order valence-corrected chi connectivity index (χ2v) is 4.38. The van der Waals surface area contributed by atoms with Gasteiger partial charge in [0, 0.05) is 7.11 Å². The number of rotatable bonds is 4.